The van der Waals surface area contributed by atoms with Gasteiger partial charge in [-0.3, -0.25) is 4.79 Å². The van der Waals surface area contributed by atoms with Crippen LogP contribution >= 0.6 is 0 Å². The molecule has 1 aromatic rings. The van der Waals surface area contributed by atoms with Crippen LogP contribution in [0.25, 0.3) is 0 Å². The highest BCUT2D eigenvalue weighted by molar-refractivity contribution is 5.95. The number of amides is 1. The zero-order valence-corrected chi connectivity index (χ0v) is 11.1. The van der Waals surface area contributed by atoms with Crippen molar-refractivity contribution in [2.24, 2.45) is 5.92 Å². The third-order valence-corrected chi connectivity index (χ3v) is 3.91. The van der Waals surface area contributed by atoms with E-state index in [0.717, 1.165) is 12.8 Å². The van der Waals surface area contributed by atoms with Gasteiger partial charge in [0.2, 0.25) is 6.79 Å². The van der Waals surface area contributed by atoms with Crippen LogP contribution < -0.4 is 14.8 Å². The van der Waals surface area contributed by atoms with Crippen molar-refractivity contribution < 1.29 is 14.3 Å². The van der Waals surface area contributed by atoms with Crippen LogP contribution in [0.3, 0.4) is 0 Å². The van der Waals surface area contributed by atoms with E-state index in [2.05, 4.69) is 12.2 Å². The summed E-state index contributed by atoms with van der Waals surface area (Å²) in [5.41, 5.74) is 0.641. The first-order chi connectivity index (χ1) is 9.22. The Balaban J connectivity index is 1.67. The Morgan fingerprint density at radius 3 is 2.95 bits per heavy atom. The molecule has 0 spiro atoms. The van der Waals surface area contributed by atoms with Crippen molar-refractivity contribution in [1.29, 1.82) is 0 Å². The standard InChI is InChI=1S/C15H19NO3/c1-10-3-2-4-12(7-10)16-15(17)11-5-6-13-14(8-11)19-9-18-13/h5-6,8,10,12H,2-4,7,9H2,1H3,(H,16,17). The second-order valence-corrected chi connectivity index (χ2v) is 5.51. The third kappa shape index (κ3) is 2.67. The Labute approximate surface area is 113 Å². The Bertz CT molecular complexity index is 486. The molecule has 4 heteroatoms. The van der Waals surface area contributed by atoms with E-state index < -0.39 is 0 Å². The van der Waals surface area contributed by atoms with Gasteiger partial charge >= 0.3 is 0 Å². The van der Waals surface area contributed by atoms with E-state index in [1.54, 1.807) is 18.2 Å². The van der Waals surface area contributed by atoms with Gasteiger partial charge in [-0.2, -0.15) is 0 Å². The number of carbonyl (C=O) groups is 1. The van der Waals surface area contributed by atoms with Gasteiger partial charge in [0.25, 0.3) is 5.91 Å². The first-order valence-electron chi connectivity index (χ1n) is 6.93. The van der Waals surface area contributed by atoms with Gasteiger partial charge in [0.05, 0.1) is 0 Å². The molecule has 4 nitrogen and oxygen atoms in total. The van der Waals surface area contributed by atoms with Gasteiger partial charge in [-0.1, -0.05) is 19.8 Å². The fraction of sp³-hybridized carbons (Fsp3) is 0.533. The predicted molar refractivity (Wildman–Crippen MR) is 71.5 cm³/mol. The molecule has 0 radical (unpaired) electrons. The average Bonchev–Trinajstić information content (AvgIpc) is 2.85. The van der Waals surface area contributed by atoms with E-state index in [-0.39, 0.29) is 12.7 Å². The molecule has 0 aromatic heterocycles. The number of fused-ring (bicyclic) bond motifs is 1. The van der Waals surface area contributed by atoms with E-state index in [9.17, 15) is 4.79 Å². The molecular weight excluding hydrogens is 242 g/mol. The van der Waals surface area contributed by atoms with E-state index in [0.29, 0.717) is 29.0 Å². The lowest BCUT2D eigenvalue weighted by atomic mass is 9.87. The van der Waals surface area contributed by atoms with Gasteiger partial charge in [0.15, 0.2) is 11.5 Å². The topological polar surface area (TPSA) is 47.6 Å². The maximum Gasteiger partial charge on any atom is 0.251 e. The van der Waals surface area contributed by atoms with Crippen molar-refractivity contribution in [3.8, 4) is 11.5 Å². The minimum absolute atomic E-state index is 0.0163. The summed E-state index contributed by atoms with van der Waals surface area (Å²) < 4.78 is 10.5. The second-order valence-electron chi connectivity index (χ2n) is 5.51. The molecular formula is C15H19NO3. The molecule has 1 heterocycles. The van der Waals surface area contributed by atoms with Crippen LogP contribution in [0.1, 0.15) is 43.0 Å². The van der Waals surface area contributed by atoms with E-state index >= 15 is 0 Å². The third-order valence-electron chi connectivity index (χ3n) is 3.91. The molecule has 19 heavy (non-hydrogen) atoms. The molecule has 1 aliphatic carbocycles. The zero-order valence-electron chi connectivity index (χ0n) is 11.1. The molecule has 3 rings (SSSR count). The molecule has 2 aliphatic rings. The predicted octanol–water partition coefficient (Wildman–Crippen LogP) is 2.72. The number of benzene rings is 1. The van der Waals surface area contributed by atoms with Gasteiger partial charge in [0.1, 0.15) is 0 Å². The Kier molecular flexibility index (Phi) is 3.32. The summed E-state index contributed by atoms with van der Waals surface area (Å²) in [4.78, 5) is 12.2. The first kappa shape index (κ1) is 12.3. The lowest BCUT2D eigenvalue weighted by Gasteiger charge is -2.27. The molecule has 2 unspecified atom stereocenters. The molecule has 1 N–H and O–H groups in total. The van der Waals surface area contributed by atoms with Gasteiger partial charge in [-0.05, 0) is 37.0 Å². The first-order valence-corrected chi connectivity index (χ1v) is 6.93. The zero-order chi connectivity index (χ0) is 13.2. The number of rotatable bonds is 2. The Morgan fingerprint density at radius 2 is 2.11 bits per heavy atom. The molecule has 102 valence electrons. The number of carbonyl (C=O) groups excluding carboxylic acids is 1. The minimum atomic E-state index is -0.0163. The summed E-state index contributed by atoms with van der Waals surface area (Å²) >= 11 is 0. The number of nitrogens with one attached hydrogen (secondary N) is 1. The van der Waals surface area contributed by atoms with Crippen LogP contribution in [0.4, 0.5) is 0 Å². The summed E-state index contributed by atoms with van der Waals surface area (Å²) in [6.07, 6.45) is 4.64. The Hall–Kier alpha value is -1.71. The van der Waals surface area contributed by atoms with Crippen molar-refractivity contribution in [1.82, 2.24) is 5.32 Å². The lowest BCUT2D eigenvalue weighted by molar-refractivity contribution is 0.0921. The second kappa shape index (κ2) is 5.11. The lowest BCUT2D eigenvalue weighted by Crippen LogP contribution is -2.37. The van der Waals surface area contributed by atoms with Gasteiger partial charge in [-0.25, -0.2) is 0 Å². The van der Waals surface area contributed by atoms with Gasteiger partial charge in [-0.15, -0.1) is 0 Å². The van der Waals surface area contributed by atoms with Crippen LogP contribution in [0, 0.1) is 5.92 Å². The normalized spacial score (nSPS) is 25.1. The fourth-order valence-corrected chi connectivity index (χ4v) is 2.87. The number of ether oxygens (including phenoxy) is 2. The SMILES string of the molecule is CC1CCCC(NC(=O)c2ccc3c(c2)OCO3)C1. The van der Waals surface area contributed by atoms with Crippen LogP contribution in [-0.4, -0.2) is 18.7 Å². The van der Waals surface area contributed by atoms with Gasteiger partial charge in [0, 0.05) is 11.6 Å². The summed E-state index contributed by atoms with van der Waals surface area (Å²) in [6.45, 7) is 2.49. The summed E-state index contributed by atoms with van der Waals surface area (Å²) in [7, 11) is 0. The molecule has 1 saturated carbocycles. The van der Waals surface area contributed by atoms with Crippen LogP contribution in [0.5, 0.6) is 11.5 Å². The van der Waals surface area contributed by atoms with Crippen molar-refractivity contribution in [3.63, 3.8) is 0 Å². The fourth-order valence-electron chi connectivity index (χ4n) is 2.87. The molecule has 0 saturated heterocycles. The summed E-state index contributed by atoms with van der Waals surface area (Å²) in [5, 5.41) is 3.12. The maximum absolute atomic E-state index is 12.2. The monoisotopic (exact) mass is 261 g/mol. The van der Waals surface area contributed by atoms with Crippen molar-refractivity contribution in [2.45, 2.75) is 38.6 Å². The van der Waals surface area contributed by atoms with E-state index in [1.807, 2.05) is 0 Å². The van der Waals surface area contributed by atoms with Gasteiger partial charge < -0.3 is 14.8 Å². The Morgan fingerprint density at radius 1 is 1.26 bits per heavy atom. The molecule has 1 fully saturated rings. The van der Waals surface area contributed by atoms with E-state index in [1.165, 1.54) is 12.8 Å². The van der Waals surface area contributed by atoms with Crippen molar-refractivity contribution >= 4 is 5.91 Å². The maximum atomic E-state index is 12.2. The smallest absolute Gasteiger partial charge is 0.251 e. The average molecular weight is 261 g/mol. The molecule has 1 aliphatic heterocycles. The largest absolute Gasteiger partial charge is 0.454 e. The van der Waals surface area contributed by atoms with Crippen LogP contribution in [0.15, 0.2) is 18.2 Å². The summed E-state index contributed by atoms with van der Waals surface area (Å²) in [6, 6.07) is 5.64. The number of hydrogen-bond donors (Lipinski definition) is 1. The minimum Gasteiger partial charge on any atom is -0.454 e. The molecule has 0 bridgehead atoms. The van der Waals surface area contributed by atoms with Crippen molar-refractivity contribution in [2.75, 3.05) is 6.79 Å². The highest BCUT2D eigenvalue weighted by atomic mass is 16.7. The molecule has 1 aromatic carbocycles. The highest BCUT2D eigenvalue weighted by Gasteiger charge is 2.22. The van der Waals surface area contributed by atoms with E-state index in [4.69, 9.17) is 9.47 Å². The van der Waals surface area contributed by atoms with Crippen LogP contribution in [-0.2, 0) is 0 Å². The molecule has 1 amide bonds. The quantitative estimate of drug-likeness (QED) is 0.890. The summed E-state index contributed by atoms with van der Waals surface area (Å²) in [5.74, 6) is 2.06. The van der Waals surface area contributed by atoms with Crippen molar-refractivity contribution in [3.05, 3.63) is 23.8 Å². The highest BCUT2D eigenvalue weighted by Crippen LogP contribution is 2.32. The molecule has 2 atom stereocenters. The number of hydrogen-bond acceptors (Lipinski definition) is 3. The van der Waals surface area contributed by atoms with Crippen LogP contribution in [0.2, 0.25) is 0 Å².